The van der Waals surface area contributed by atoms with Crippen molar-refractivity contribution < 1.29 is 0 Å². The molecule has 108 valence electrons. The number of aromatic nitrogens is 2. The summed E-state index contributed by atoms with van der Waals surface area (Å²) in [5, 5.41) is 8.93. The Labute approximate surface area is 121 Å². The van der Waals surface area contributed by atoms with Gasteiger partial charge in [0, 0.05) is 38.3 Å². The summed E-state index contributed by atoms with van der Waals surface area (Å²) in [6.07, 6.45) is 0.894. The summed E-state index contributed by atoms with van der Waals surface area (Å²) in [6.45, 7) is 12.6. The normalized spacial score (nSPS) is 24.9. The van der Waals surface area contributed by atoms with E-state index in [0.29, 0.717) is 12.1 Å². The molecule has 1 N–H and O–H groups in total. The van der Waals surface area contributed by atoms with Crippen molar-refractivity contribution in [2.24, 2.45) is 0 Å². The summed E-state index contributed by atoms with van der Waals surface area (Å²) in [6, 6.07) is 1.06. The van der Waals surface area contributed by atoms with Crippen molar-refractivity contribution >= 4 is 11.6 Å². The van der Waals surface area contributed by atoms with E-state index >= 15 is 0 Å². The minimum absolute atomic E-state index is 0.532. The van der Waals surface area contributed by atoms with Crippen LogP contribution in [0.1, 0.15) is 39.1 Å². The van der Waals surface area contributed by atoms with E-state index in [1.165, 1.54) is 5.69 Å². The molecule has 2 unspecified atom stereocenters. The van der Waals surface area contributed by atoms with Gasteiger partial charge in [0.25, 0.3) is 0 Å². The van der Waals surface area contributed by atoms with Gasteiger partial charge in [0.05, 0.1) is 16.4 Å². The maximum absolute atomic E-state index is 6.50. The first-order valence-electron chi connectivity index (χ1n) is 7.28. The summed E-state index contributed by atoms with van der Waals surface area (Å²) in [5.41, 5.74) is 2.19. The average molecular weight is 285 g/mol. The molecule has 1 aliphatic rings. The lowest BCUT2D eigenvalue weighted by Crippen LogP contribution is -2.54. The fourth-order valence-corrected chi connectivity index (χ4v) is 3.15. The molecule has 0 spiro atoms. The van der Waals surface area contributed by atoms with Gasteiger partial charge in [0.2, 0.25) is 0 Å². The molecule has 0 saturated carbocycles. The number of hydrogen-bond donors (Lipinski definition) is 1. The molecular formula is C14H25ClN4. The first-order chi connectivity index (χ1) is 9.08. The summed E-state index contributed by atoms with van der Waals surface area (Å²) in [4.78, 5) is 2.52. The van der Waals surface area contributed by atoms with Gasteiger partial charge >= 0.3 is 0 Å². The lowest BCUT2D eigenvalue weighted by Gasteiger charge is -2.39. The van der Waals surface area contributed by atoms with E-state index in [1.54, 1.807) is 0 Å². The highest BCUT2D eigenvalue weighted by Gasteiger charge is 2.27. The zero-order chi connectivity index (χ0) is 14.0. The molecule has 1 aromatic rings. The molecule has 5 heteroatoms. The third-order valence-electron chi connectivity index (χ3n) is 4.04. The van der Waals surface area contributed by atoms with Crippen LogP contribution in [0.4, 0.5) is 0 Å². The van der Waals surface area contributed by atoms with E-state index in [1.807, 2.05) is 0 Å². The van der Waals surface area contributed by atoms with Crippen molar-refractivity contribution in [2.75, 3.05) is 13.1 Å². The number of aryl methyl sites for hydroxylation is 2. The Hall–Kier alpha value is -0.580. The van der Waals surface area contributed by atoms with Crippen LogP contribution in [0.15, 0.2) is 0 Å². The van der Waals surface area contributed by atoms with Crippen LogP contribution in [-0.2, 0) is 19.5 Å². The minimum atomic E-state index is 0.532. The first kappa shape index (κ1) is 14.8. The molecule has 1 aliphatic heterocycles. The number of halogens is 1. The first-order valence-corrected chi connectivity index (χ1v) is 7.66. The summed E-state index contributed by atoms with van der Waals surface area (Å²) in [5.74, 6) is 0. The Morgan fingerprint density at radius 1 is 1.26 bits per heavy atom. The van der Waals surface area contributed by atoms with Gasteiger partial charge in [0.1, 0.15) is 0 Å². The monoisotopic (exact) mass is 284 g/mol. The minimum Gasteiger partial charge on any atom is -0.314 e. The highest BCUT2D eigenvalue weighted by Crippen LogP contribution is 2.25. The van der Waals surface area contributed by atoms with Crippen molar-refractivity contribution in [3.05, 3.63) is 16.4 Å². The van der Waals surface area contributed by atoms with E-state index in [2.05, 4.69) is 47.7 Å². The molecule has 0 radical (unpaired) electrons. The largest absolute Gasteiger partial charge is 0.314 e. The third kappa shape index (κ3) is 2.96. The average Bonchev–Trinajstić information content (AvgIpc) is 2.70. The zero-order valence-corrected chi connectivity index (χ0v) is 13.2. The van der Waals surface area contributed by atoms with Crippen LogP contribution < -0.4 is 5.32 Å². The molecule has 1 aromatic heterocycles. The molecule has 0 aliphatic carbocycles. The van der Waals surface area contributed by atoms with E-state index < -0.39 is 0 Å². The Morgan fingerprint density at radius 2 is 1.89 bits per heavy atom. The van der Waals surface area contributed by atoms with Crippen molar-refractivity contribution in [3.8, 4) is 0 Å². The Morgan fingerprint density at radius 3 is 2.42 bits per heavy atom. The van der Waals surface area contributed by atoms with Gasteiger partial charge < -0.3 is 5.32 Å². The summed E-state index contributed by atoms with van der Waals surface area (Å²) < 4.78 is 2.06. The fraction of sp³-hybridized carbons (Fsp3) is 0.786. The van der Waals surface area contributed by atoms with Crippen LogP contribution in [0, 0.1) is 0 Å². The van der Waals surface area contributed by atoms with Crippen molar-refractivity contribution in [2.45, 2.75) is 59.3 Å². The third-order valence-corrected chi connectivity index (χ3v) is 4.47. The van der Waals surface area contributed by atoms with Crippen LogP contribution in [0.25, 0.3) is 0 Å². The van der Waals surface area contributed by atoms with Crippen molar-refractivity contribution in [1.29, 1.82) is 0 Å². The number of nitrogens with zero attached hydrogens (tertiary/aromatic N) is 3. The lowest BCUT2D eigenvalue weighted by molar-refractivity contribution is 0.105. The maximum atomic E-state index is 6.50. The van der Waals surface area contributed by atoms with Gasteiger partial charge in [-0.3, -0.25) is 9.58 Å². The Kier molecular flexibility index (Phi) is 4.87. The second kappa shape index (κ2) is 6.25. The van der Waals surface area contributed by atoms with Crippen LogP contribution in [0.3, 0.4) is 0 Å². The van der Waals surface area contributed by atoms with E-state index in [4.69, 9.17) is 11.6 Å². The molecule has 19 heavy (non-hydrogen) atoms. The van der Waals surface area contributed by atoms with Gasteiger partial charge in [-0.2, -0.15) is 5.10 Å². The van der Waals surface area contributed by atoms with Gasteiger partial charge in [-0.15, -0.1) is 0 Å². The molecule has 1 fully saturated rings. The number of rotatable bonds is 4. The Bertz CT molecular complexity index is 419. The highest BCUT2D eigenvalue weighted by atomic mass is 35.5. The highest BCUT2D eigenvalue weighted by molar-refractivity contribution is 6.31. The maximum Gasteiger partial charge on any atom is 0.0863 e. The fourth-order valence-electron chi connectivity index (χ4n) is 2.82. The SMILES string of the molecule is CCc1nn(CC)c(CN2C(C)CNCC2C)c1Cl. The van der Waals surface area contributed by atoms with Gasteiger partial charge in [-0.05, 0) is 27.2 Å². The number of hydrogen-bond acceptors (Lipinski definition) is 3. The second-order valence-electron chi connectivity index (χ2n) is 5.41. The predicted molar refractivity (Wildman–Crippen MR) is 79.6 cm³/mol. The Balaban J connectivity index is 2.24. The molecule has 4 nitrogen and oxygen atoms in total. The van der Waals surface area contributed by atoms with E-state index in [9.17, 15) is 0 Å². The van der Waals surface area contributed by atoms with Gasteiger partial charge in [-0.1, -0.05) is 18.5 Å². The van der Waals surface area contributed by atoms with Crippen molar-refractivity contribution in [1.82, 2.24) is 20.0 Å². The lowest BCUT2D eigenvalue weighted by atomic mass is 10.1. The molecule has 0 bridgehead atoms. The molecule has 0 aromatic carbocycles. The zero-order valence-electron chi connectivity index (χ0n) is 12.4. The smallest absolute Gasteiger partial charge is 0.0863 e. The van der Waals surface area contributed by atoms with E-state index in [-0.39, 0.29) is 0 Å². The quantitative estimate of drug-likeness (QED) is 0.921. The van der Waals surface area contributed by atoms with Gasteiger partial charge in [0.15, 0.2) is 0 Å². The van der Waals surface area contributed by atoms with Gasteiger partial charge in [-0.25, -0.2) is 0 Å². The summed E-state index contributed by atoms with van der Waals surface area (Å²) in [7, 11) is 0. The predicted octanol–water partition coefficient (Wildman–Crippen LogP) is 2.30. The molecule has 0 amide bonds. The summed E-state index contributed by atoms with van der Waals surface area (Å²) >= 11 is 6.50. The van der Waals surface area contributed by atoms with E-state index in [0.717, 1.165) is 43.3 Å². The van der Waals surface area contributed by atoms with Crippen LogP contribution in [0.5, 0.6) is 0 Å². The topological polar surface area (TPSA) is 33.1 Å². The van der Waals surface area contributed by atoms with Crippen molar-refractivity contribution in [3.63, 3.8) is 0 Å². The molecular weight excluding hydrogens is 260 g/mol. The number of piperazine rings is 1. The van der Waals surface area contributed by atoms with Crippen LogP contribution in [-0.4, -0.2) is 39.9 Å². The molecule has 1 saturated heterocycles. The second-order valence-corrected chi connectivity index (χ2v) is 5.78. The molecule has 2 atom stereocenters. The molecule has 2 rings (SSSR count). The standard InChI is InChI=1S/C14H25ClN4/c1-5-12-14(15)13(19(6-2)17-12)9-18-10(3)7-16-8-11(18)4/h10-11,16H,5-9H2,1-4H3. The van der Waals surface area contributed by atoms with Crippen LogP contribution in [0.2, 0.25) is 5.02 Å². The number of nitrogens with one attached hydrogen (secondary N) is 1. The van der Waals surface area contributed by atoms with Crippen LogP contribution >= 0.6 is 11.6 Å². The molecule has 2 heterocycles.